The zero-order valence-corrected chi connectivity index (χ0v) is 16.9. The van der Waals surface area contributed by atoms with Gasteiger partial charge >= 0.3 is 0 Å². The molecule has 5 rings (SSSR count). The van der Waals surface area contributed by atoms with Crippen LogP contribution >= 0.6 is 11.8 Å². The number of anilines is 2. The van der Waals surface area contributed by atoms with Crippen molar-refractivity contribution in [1.82, 2.24) is 0 Å². The van der Waals surface area contributed by atoms with Gasteiger partial charge < -0.3 is 5.32 Å². The average Bonchev–Trinajstić information content (AvgIpc) is 2.88. The van der Waals surface area contributed by atoms with Crippen molar-refractivity contribution in [3.63, 3.8) is 0 Å². The van der Waals surface area contributed by atoms with Crippen LogP contribution in [0.5, 0.6) is 0 Å². The topological polar surface area (TPSA) is 49.4 Å². The van der Waals surface area contributed by atoms with E-state index in [1.165, 1.54) is 28.8 Å². The Hall–Kier alpha value is -3.38. The van der Waals surface area contributed by atoms with E-state index in [1.807, 2.05) is 49.4 Å². The smallest absolute Gasteiger partial charge is 0.272 e. The molecule has 1 unspecified atom stereocenters. The fourth-order valence-corrected chi connectivity index (χ4v) is 4.93. The minimum Gasteiger partial charge on any atom is -0.373 e. The second-order valence-electron chi connectivity index (χ2n) is 7.26. The summed E-state index contributed by atoms with van der Waals surface area (Å²) in [4.78, 5) is 29.4. The fraction of sp³-hybridized carbons (Fsp3) is 0.0833. The Morgan fingerprint density at radius 1 is 0.933 bits per heavy atom. The van der Waals surface area contributed by atoms with E-state index >= 15 is 0 Å². The van der Waals surface area contributed by atoms with Crippen molar-refractivity contribution in [3.05, 3.63) is 100 Å². The Morgan fingerprint density at radius 3 is 2.53 bits per heavy atom. The van der Waals surface area contributed by atoms with E-state index in [-0.39, 0.29) is 11.8 Å². The van der Waals surface area contributed by atoms with Crippen molar-refractivity contribution in [1.29, 1.82) is 0 Å². The van der Waals surface area contributed by atoms with Crippen LogP contribution in [0.2, 0.25) is 0 Å². The number of hydrogen-bond donors (Lipinski definition) is 1. The highest BCUT2D eigenvalue weighted by Crippen LogP contribution is 2.48. The maximum absolute atomic E-state index is 14.0. The second-order valence-corrected chi connectivity index (χ2v) is 8.31. The van der Waals surface area contributed by atoms with Crippen LogP contribution in [0, 0.1) is 12.7 Å². The Bertz CT molecular complexity index is 1240. The molecule has 1 atom stereocenters. The van der Waals surface area contributed by atoms with E-state index in [0.29, 0.717) is 21.7 Å². The van der Waals surface area contributed by atoms with Gasteiger partial charge in [0.2, 0.25) is 0 Å². The lowest BCUT2D eigenvalue weighted by Gasteiger charge is -2.22. The molecule has 3 aromatic rings. The van der Waals surface area contributed by atoms with Crippen LogP contribution in [-0.2, 0) is 9.59 Å². The van der Waals surface area contributed by atoms with Crippen molar-refractivity contribution in [2.75, 3.05) is 10.2 Å². The zero-order valence-electron chi connectivity index (χ0n) is 16.1. The third-order valence-corrected chi connectivity index (χ3v) is 6.38. The van der Waals surface area contributed by atoms with Gasteiger partial charge in [-0.15, -0.1) is 0 Å². The van der Waals surface area contributed by atoms with E-state index in [4.69, 9.17) is 0 Å². The van der Waals surface area contributed by atoms with Gasteiger partial charge in [-0.25, -0.2) is 9.29 Å². The monoisotopic (exact) mass is 416 g/mol. The number of carbonyl (C=O) groups excluding carboxylic acids is 2. The molecular formula is C24H17FN2O2S. The normalized spacial score (nSPS) is 18.1. The molecule has 0 bridgehead atoms. The number of benzene rings is 3. The molecular weight excluding hydrogens is 399 g/mol. The summed E-state index contributed by atoms with van der Waals surface area (Å²) in [7, 11) is 0. The fourth-order valence-electron chi connectivity index (χ4n) is 3.83. The predicted octanol–water partition coefficient (Wildman–Crippen LogP) is 5.22. The van der Waals surface area contributed by atoms with Crippen molar-refractivity contribution in [2.24, 2.45) is 0 Å². The van der Waals surface area contributed by atoms with Crippen molar-refractivity contribution >= 4 is 35.0 Å². The van der Waals surface area contributed by atoms with E-state index in [1.54, 1.807) is 18.2 Å². The number of thioether (sulfide) groups is 1. The van der Waals surface area contributed by atoms with Crippen LogP contribution in [0.4, 0.5) is 15.8 Å². The first-order chi connectivity index (χ1) is 14.5. The molecule has 3 aromatic carbocycles. The lowest BCUT2D eigenvalue weighted by Crippen LogP contribution is -2.33. The quantitative estimate of drug-likeness (QED) is 0.582. The summed E-state index contributed by atoms with van der Waals surface area (Å²) >= 11 is 1.28. The number of nitrogens with one attached hydrogen (secondary N) is 1. The van der Waals surface area contributed by atoms with Gasteiger partial charge in [0.05, 0.1) is 22.2 Å². The van der Waals surface area contributed by atoms with Crippen LogP contribution in [0.3, 0.4) is 0 Å². The van der Waals surface area contributed by atoms with Gasteiger partial charge in [-0.2, -0.15) is 0 Å². The molecule has 0 fully saturated rings. The lowest BCUT2D eigenvalue weighted by molar-refractivity contribution is -0.120. The molecule has 0 radical (unpaired) electrons. The lowest BCUT2D eigenvalue weighted by atomic mass is 9.98. The van der Waals surface area contributed by atoms with Crippen LogP contribution < -0.4 is 10.2 Å². The first-order valence-electron chi connectivity index (χ1n) is 9.51. The number of rotatable bonds is 2. The summed E-state index contributed by atoms with van der Waals surface area (Å²) in [6, 6.07) is 20.3. The standard InChI is InChI=1S/C24H17FN2O2S/c1-14-6-4-9-17(12-14)27-23(28)20-21(15-7-5-8-16(25)13-15)26-18-10-2-3-11-19(18)30-22(20)24(27)29/h2-13,21,26H,1H3. The molecule has 0 aliphatic carbocycles. The third-order valence-electron chi connectivity index (χ3n) is 5.20. The molecule has 0 spiro atoms. The van der Waals surface area contributed by atoms with Crippen LogP contribution in [0.1, 0.15) is 17.2 Å². The molecule has 0 aromatic heterocycles. The van der Waals surface area contributed by atoms with Crippen molar-refractivity contribution in [3.8, 4) is 0 Å². The molecule has 2 aliphatic heterocycles. The molecule has 4 nitrogen and oxygen atoms in total. The molecule has 30 heavy (non-hydrogen) atoms. The molecule has 6 heteroatoms. The van der Waals surface area contributed by atoms with Crippen LogP contribution in [0.15, 0.2) is 88.2 Å². The van der Waals surface area contributed by atoms with Crippen LogP contribution in [-0.4, -0.2) is 11.8 Å². The van der Waals surface area contributed by atoms with Gasteiger partial charge in [0.25, 0.3) is 11.8 Å². The van der Waals surface area contributed by atoms with Crippen LogP contribution in [0.25, 0.3) is 0 Å². The number of hydrogen-bond acceptors (Lipinski definition) is 4. The van der Waals surface area contributed by atoms with Gasteiger partial charge in [-0.05, 0) is 54.4 Å². The molecule has 2 aliphatic rings. The Balaban J connectivity index is 1.68. The number of amides is 2. The number of aryl methyl sites for hydroxylation is 1. The van der Waals surface area contributed by atoms with E-state index in [9.17, 15) is 14.0 Å². The summed E-state index contributed by atoms with van der Waals surface area (Å²) in [6.07, 6.45) is 0. The van der Waals surface area contributed by atoms with Gasteiger partial charge in [-0.1, -0.05) is 48.2 Å². The Labute approximate surface area is 177 Å². The summed E-state index contributed by atoms with van der Waals surface area (Å²) in [5, 5.41) is 3.36. The SMILES string of the molecule is Cc1cccc(N2C(=O)C3=C(C2=O)C(c2cccc(F)c2)Nc2ccccc2S3)c1. The van der Waals surface area contributed by atoms with E-state index in [2.05, 4.69) is 5.32 Å². The number of carbonyl (C=O) groups is 2. The first-order valence-corrected chi connectivity index (χ1v) is 10.3. The summed E-state index contributed by atoms with van der Waals surface area (Å²) in [5.41, 5.74) is 3.21. The molecule has 1 N–H and O–H groups in total. The average molecular weight is 416 g/mol. The van der Waals surface area contributed by atoms with E-state index < -0.39 is 11.9 Å². The number of para-hydroxylation sites is 1. The third kappa shape index (κ3) is 3.00. The number of fused-ring (bicyclic) bond motifs is 1. The maximum atomic E-state index is 14.0. The molecule has 2 heterocycles. The van der Waals surface area contributed by atoms with Gasteiger partial charge in [0.15, 0.2) is 0 Å². The van der Waals surface area contributed by atoms with Crippen molar-refractivity contribution in [2.45, 2.75) is 17.9 Å². The van der Waals surface area contributed by atoms with E-state index in [0.717, 1.165) is 16.1 Å². The molecule has 2 amide bonds. The zero-order chi connectivity index (χ0) is 20.8. The highest BCUT2D eigenvalue weighted by Gasteiger charge is 2.45. The van der Waals surface area contributed by atoms with Gasteiger partial charge in [-0.3, -0.25) is 9.59 Å². The highest BCUT2D eigenvalue weighted by molar-refractivity contribution is 8.04. The molecule has 148 valence electrons. The summed E-state index contributed by atoms with van der Waals surface area (Å²) in [6.45, 7) is 1.91. The second kappa shape index (κ2) is 7.15. The number of nitrogens with zero attached hydrogens (tertiary/aromatic N) is 1. The highest BCUT2D eigenvalue weighted by atomic mass is 32.2. The first kappa shape index (κ1) is 18.6. The minimum absolute atomic E-state index is 0.341. The minimum atomic E-state index is -0.641. The van der Waals surface area contributed by atoms with Crippen molar-refractivity contribution < 1.29 is 14.0 Å². The Kier molecular flexibility index (Phi) is 4.44. The summed E-state index contributed by atoms with van der Waals surface area (Å²) < 4.78 is 14.0. The number of imide groups is 1. The molecule has 0 saturated carbocycles. The molecule has 0 saturated heterocycles. The maximum Gasteiger partial charge on any atom is 0.272 e. The Morgan fingerprint density at radius 2 is 1.73 bits per heavy atom. The summed E-state index contributed by atoms with van der Waals surface area (Å²) in [5.74, 6) is -1.14. The van der Waals surface area contributed by atoms with Gasteiger partial charge in [0.1, 0.15) is 5.82 Å². The largest absolute Gasteiger partial charge is 0.373 e. The number of halogens is 1. The predicted molar refractivity (Wildman–Crippen MR) is 116 cm³/mol. The van der Waals surface area contributed by atoms with Gasteiger partial charge in [0, 0.05) is 10.6 Å².